The molecule has 33 heavy (non-hydrogen) atoms. The van der Waals surface area contributed by atoms with Crippen molar-refractivity contribution in [3.05, 3.63) is 0 Å². The molecular weight excluding hydrogens is 408 g/mol. The first-order valence-electron chi connectivity index (χ1n) is 13.7. The Bertz CT molecular complexity index is 904. The molecule has 9 unspecified atom stereocenters. The molecule has 3 nitrogen and oxygen atoms in total. The Morgan fingerprint density at radius 1 is 0.788 bits per heavy atom. The molecule has 0 amide bonds. The summed E-state index contributed by atoms with van der Waals surface area (Å²) in [6.07, 6.45) is 10.7. The molecule has 0 bridgehead atoms. The van der Waals surface area contributed by atoms with Crippen LogP contribution in [0.2, 0.25) is 0 Å². The highest BCUT2D eigenvalue weighted by molar-refractivity contribution is 5.89. The van der Waals surface area contributed by atoms with Gasteiger partial charge < -0.3 is 4.79 Å². The van der Waals surface area contributed by atoms with Gasteiger partial charge in [0.15, 0.2) is 0 Å². The summed E-state index contributed by atoms with van der Waals surface area (Å²) in [5.74, 6) is 2.02. The van der Waals surface area contributed by atoms with Gasteiger partial charge in [-0.1, -0.05) is 48.5 Å². The van der Waals surface area contributed by atoms with E-state index >= 15 is 0 Å². The Labute approximate surface area is 201 Å². The molecule has 0 aromatic carbocycles. The quantitative estimate of drug-likeness (QED) is 0.409. The Morgan fingerprint density at radius 3 is 2.12 bits per heavy atom. The lowest BCUT2D eigenvalue weighted by molar-refractivity contribution is -0.239. The monoisotopic (exact) mass is 454 g/mol. The number of aldehydes is 1. The Morgan fingerprint density at radius 2 is 1.45 bits per heavy atom. The second-order valence-corrected chi connectivity index (χ2v) is 14.9. The summed E-state index contributed by atoms with van der Waals surface area (Å²) < 4.78 is 0. The lowest BCUT2D eigenvalue weighted by Crippen LogP contribution is -2.71. The van der Waals surface area contributed by atoms with Crippen molar-refractivity contribution in [2.75, 3.05) is 0 Å². The van der Waals surface area contributed by atoms with Crippen LogP contribution in [0.4, 0.5) is 0 Å². The number of carbonyl (C=O) groups is 3. The SMILES string of the molecule is CC1C(=O)CCC2C1(C)CCC1C2(C)CC(=O)C2(C)C3CC(C)(C)CCC3(C=O)CCC12C. The third-order valence-electron chi connectivity index (χ3n) is 13.3. The number of hydrogen-bond donors (Lipinski definition) is 0. The maximum atomic E-state index is 14.5. The van der Waals surface area contributed by atoms with Crippen LogP contribution in [0.15, 0.2) is 0 Å². The van der Waals surface area contributed by atoms with Crippen molar-refractivity contribution in [3.63, 3.8) is 0 Å². The van der Waals surface area contributed by atoms with E-state index < -0.39 is 5.41 Å². The van der Waals surface area contributed by atoms with E-state index in [0.717, 1.165) is 51.4 Å². The average Bonchev–Trinajstić information content (AvgIpc) is 2.74. The third kappa shape index (κ3) is 2.72. The van der Waals surface area contributed by atoms with Crippen LogP contribution in [-0.4, -0.2) is 17.9 Å². The summed E-state index contributed by atoms with van der Waals surface area (Å²) in [4.78, 5) is 39.8. The zero-order valence-corrected chi connectivity index (χ0v) is 22.2. The van der Waals surface area contributed by atoms with Crippen LogP contribution < -0.4 is 0 Å². The smallest absolute Gasteiger partial charge is 0.140 e. The Kier molecular flexibility index (Phi) is 4.90. The highest BCUT2D eigenvalue weighted by atomic mass is 16.1. The second kappa shape index (κ2) is 6.82. The van der Waals surface area contributed by atoms with Crippen LogP contribution >= 0.6 is 0 Å². The largest absolute Gasteiger partial charge is 0.303 e. The molecule has 0 aliphatic heterocycles. The number of hydrogen-bond acceptors (Lipinski definition) is 3. The van der Waals surface area contributed by atoms with Crippen LogP contribution in [0.5, 0.6) is 0 Å². The molecule has 5 aliphatic rings. The molecule has 9 atom stereocenters. The Hall–Kier alpha value is -0.990. The minimum atomic E-state index is -0.433. The molecule has 0 spiro atoms. The topological polar surface area (TPSA) is 51.2 Å². The molecular formula is C30H46O3. The summed E-state index contributed by atoms with van der Waals surface area (Å²) in [6.45, 7) is 16.3. The molecule has 0 aromatic rings. The van der Waals surface area contributed by atoms with Gasteiger partial charge in [0, 0.05) is 29.6 Å². The maximum absolute atomic E-state index is 14.5. The molecule has 5 saturated carbocycles. The molecule has 5 fully saturated rings. The van der Waals surface area contributed by atoms with E-state index in [0.29, 0.717) is 36.2 Å². The fourth-order valence-corrected chi connectivity index (χ4v) is 10.9. The van der Waals surface area contributed by atoms with Gasteiger partial charge in [0.05, 0.1) is 0 Å². The minimum absolute atomic E-state index is 0.0129. The zero-order valence-electron chi connectivity index (χ0n) is 22.2. The first-order chi connectivity index (χ1) is 15.2. The van der Waals surface area contributed by atoms with Crippen molar-refractivity contribution in [2.24, 2.45) is 56.2 Å². The van der Waals surface area contributed by atoms with Crippen LogP contribution in [0.3, 0.4) is 0 Å². The minimum Gasteiger partial charge on any atom is -0.303 e. The fraction of sp³-hybridized carbons (Fsp3) is 0.900. The van der Waals surface area contributed by atoms with Crippen molar-refractivity contribution in [1.82, 2.24) is 0 Å². The summed E-state index contributed by atoms with van der Waals surface area (Å²) in [6, 6.07) is 0. The van der Waals surface area contributed by atoms with E-state index in [9.17, 15) is 14.4 Å². The normalized spacial score (nSPS) is 55.6. The number of Topliss-reactive ketones (excluding diaryl/α,β-unsaturated/α-hetero) is 2. The summed E-state index contributed by atoms with van der Waals surface area (Å²) in [5, 5.41) is 0. The van der Waals surface area contributed by atoms with Gasteiger partial charge >= 0.3 is 0 Å². The van der Waals surface area contributed by atoms with Crippen LogP contribution in [0.1, 0.15) is 113 Å². The molecule has 5 rings (SSSR count). The van der Waals surface area contributed by atoms with E-state index in [1.807, 2.05) is 0 Å². The molecule has 0 heterocycles. The predicted molar refractivity (Wildman–Crippen MR) is 131 cm³/mol. The zero-order chi connectivity index (χ0) is 24.2. The van der Waals surface area contributed by atoms with E-state index in [1.165, 1.54) is 6.29 Å². The molecule has 0 aromatic heterocycles. The van der Waals surface area contributed by atoms with Crippen molar-refractivity contribution in [3.8, 4) is 0 Å². The first-order valence-corrected chi connectivity index (χ1v) is 13.7. The van der Waals surface area contributed by atoms with Gasteiger partial charge in [0.1, 0.15) is 17.9 Å². The highest BCUT2D eigenvalue weighted by Crippen LogP contribution is 2.77. The van der Waals surface area contributed by atoms with Gasteiger partial charge in [-0.25, -0.2) is 0 Å². The van der Waals surface area contributed by atoms with Crippen molar-refractivity contribution in [1.29, 1.82) is 0 Å². The summed E-state index contributed by atoms with van der Waals surface area (Å²) in [7, 11) is 0. The fourth-order valence-electron chi connectivity index (χ4n) is 10.9. The molecule has 0 radical (unpaired) electrons. The highest BCUT2D eigenvalue weighted by Gasteiger charge is 2.74. The molecule has 0 saturated heterocycles. The third-order valence-corrected chi connectivity index (χ3v) is 13.3. The van der Waals surface area contributed by atoms with Crippen molar-refractivity contribution in [2.45, 2.75) is 113 Å². The Balaban J connectivity index is 1.61. The van der Waals surface area contributed by atoms with Gasteiger partial charge in [-0.2, -0.15) is 0 Å². The van der Waals surface area contributed by atoms with E-state index in [1.54, 1.807) is 0 Å². The summed E-state index contributed by atoms with van der Waals surface area (Å²) >= 11 is 0. The molecule has 3 heteroatoms. The predicted octanol–water partition coefficient (Wildman–Crippen LogP) is 6.82. The molecule has 184 valence electrons. The number of rotatable bonds is 1. The van der Waals surface area contributed by atoms with Gasteiger partial charge in [-0.05, 0) is 90.8 Å². The summed E-state index contributed by atoms with van der Waals surface area (Å²) in [5.41, 5.74) is -0.671. The number of carbonyl (C=O) groups excluding carboxylic acids is 3. The second-order valence-electron chi connectivity index (χ2n) is 14.9. The van der Waals surface area contributed by atoms with E-state index in [-0.39, 0.29) is 38.9 Å². The van der Waals surface area contributed by atoms with Gasteiger partial charge in [-0.3, -0.25) is 9.59 Å². The van der Waals surface area contributed by atoms with Gasteiger partial charge in [0.25, 0.3) is 0 Å². The van der Waals surface area contributed by atoms with Crippen LogP contribution in [0.25, 0.3) is 0 Å². The van der Waals surface area contributed by atoms with Crippen molar-refractivity contribution < 1.29 is 14.4 Å². The number of ketones is 2. The van der Waals surface area contributed by atoms with E-state index in [2.05, 4.69) is 48.5 Å². The lowest BCUT2D eigenvalue weighted by atomic mass is 9.30. The molecule has 0 N–H and O–H groups in total. The van der Waals surface area contributed by atoms with Gasteiger partial charge in [-0.15, -0.1) is 0 Å². The standard InChI is InChI=1S/C30H46O3/c1-19-20(32)8-9-21-26(19,4)11-10-22-27(21,5)17-24(33)29(7)23-16-25(2,3)12-14-30(23,18-31)15-13-28(22,29)6/h18-19,21-23H,8-17H2,1-7H3. The van der Waals surface area contributed by atoms with Crippen molar-refractivity contribution >= 4 is 17.9 Å². The van der Waals surface area contributed by atoms with Crippen LogP contribution in [0, 0.1) is 56.2 Å². The lowest BCUT2D eigenvalue weighted by Gasteiger charge is -2.73. The van der Waals surface area contributed by atoms with Gasteiger partial charge in [0.2, 0.25) is 0 Å². The van der Waals surface area contributed by atoms with Crippen LogP contribution in [-0.2, 0) is 14.4 Å². The number of fused-ring (bicyclic) bond motifs is 7. The first kappa shape index (κ1) is 23.7. The van der Waals surface area contributed by atoms with E-state index in [4.69, 9.17) is 0 Å². The maximum Gasteiger partial charge on any atom is 0.140 e. The average molecular weight is 455 g/mol. The molecule has 5 aliphatic carbocycles.